The second-order valence-electron chi connectivity index (χ2n) is 4.47. The number of nitrogens with one attached hydrogen (secondary N) is 2. The fourth-order valence-corrected chi connectivity index (χ4v) is 2.30. The van der Waals surface area contributed by atoms with Gasteiger partial charge in [0.25, 0.3) is 0 Å². The summed E-state index contributed by atoms with van der Waals surface area (Å²) in [5, 5.41) is 7.88. The second-order valence-corrected chi connectivity index (χ2v) is 4.47. The van der Waals surface area contributed by atoms with Crippen LogP contribution in [0.4, 0.5) is 0 Å². The Kier molecular flexibility index (Phi) is 3.60. The van der Waals surface area contributed by atoms with Crippen LogP contribution in [0.5, 0.6) is 0 Å². The normalized spacial score (nSPS) is 12.4. The summed E-state index contributed by atoms with van der Waals surface area (Å²) >= 11 is 0. The molecule has 3 rings (SSSR count). The molecule has 1 unspecified atom stereocenters. The van der Waals surface area contributed by atoms with Crippen LogP contribution < -0.4 is 5.32 Å². The molecule has 0 aliphatic carbocycles. The van der Waals surface area contributed by atoms with Crippen molar-refractivity contribution >= 4 is 0 Å². The predicted molar refractivity (Wildman–Crippen MR) is 77.7 cm³/mol. The summed E-state index contributed by atoms with van der Waals surface area (Å²) in [5.41, 5.74) is 2.11. The van der Waals surface area contributed by atoms with Crippen LogP contribution in [-0.4, -0.2) is 26.3 Å². The number of aromatic nitrogens is 4. The highest BCUT2D eigenvalue weighted by atomic mass is 15.3. The zero-order chi connectivity index (χ0) is 13.8. The van der Waals surface area contributed by atoms with Crippen LogP contribution in [0.3, 0.4) is 0 Å². The first kappa shape index (κ1) is 12.6. The van der Waals surface area contributed by atoms with E-state index in [4.69, 9.17) is 0 Å². The highest BCUT2D eigenvalue weighted by molar-refractivity contribution is 5.34. The lowest BCUT2D eigenvalue weighted by molar-refractivity contribution is 0.570. The van der Waals surface area contributed by atoms with E-state index < -0.39 is 0 Å². The van der Waals surface area contributed by atoms with Crippen LogP contribution in [-0.2, 0) is 0 Å². The highest BCUT2D eigenvalue weighted by Crippen LogP contribution is 2.21. The minimum atomic E-state index is -0.00212. The molecule has 1 aromatic carbocycles. The van der Waals surface area contributed by atoms with Crippen LogP contribution in [0.15, 0.2) is 55.0 Å². The minimum Gasteiger partial charge on any atom is -0.347 e. The van der Waals surface area contributed by atoms with Crippen LogP contribution in [0.1, 0.15) is 24.5 Å². The van der Waals surface area contributed by atoms with Gasteiger partial charge in [-0.15, -0.1) is 0 Å². The van der Waals surface area contributed by atoms with Crippen molar-refractivity contribution < 1.29 is 0 Å². The molecule has 2 N–H and O–H groups in total. The van der Waals surface area contributed by atoms with E-state index in [1.165, 1.54) is 0 Å². The largest absolute Gasteiger partial charge is 0.347 e. The van der Waals surface area contributed by atoms with Crippen LogP contribution in [0.2, 0.25) is 0 Å². The zero-order valence-electron chi connectivity index (χ0n) is 11.3. The molecule has 0 aliphatic rings. The van der Waals surface area contributed by atoms with Crippen molar-refractivity contribution in [3.05, 3.63) is 66.5 Å². The molecule has 0 radical (unpaired) electrons. The molecule has 0 amide bonds. The Hall–Kier alpha value is -2.40. The predicted octanol–water partition coefficient (Wildman–Crippen LogP) is 2.29. The van der Waals surface area contributed by atoms with Gasteiger partial charge in [-0.2, -0.15) is 5.10 Å². The fourth-order valence-electron chi connectivity index (χ4n) is 2.30. The van der Waals surface area contributed by atoms with Gasteiger partial charge in [0.05, 0.1) is 11.4 Å². The highest BCUT2D eigenvalue weighted by Gasteiger charge is 2.20. The molecule has 0 fully saturated rings. The van der Waals surface area contributed by atoms with Gasteiger partial charge in [0.15, 0.2) is 0 Å². The summed E-state index contributed by atoms with van der Waals surface area (Å²) in [6.07, 6.45) is 5.42. The van der Waals surface area contributed by atoms with Crippen molar-refractivity contribution in [1.82, 2.24) is 25.1 Å². The molecular formula is C15H17N5. The van der Waals surface area contributed by atoms with E-state index in [1.54, 1.807) is 6.20 Å². The summed E-state index contributed by atoms with van der Waals surface area (Å²) in [7, 11) is 0. The number of nitrogens with zero attached hydrogens (tertiary/aromatic N) is 3. The standard InChI is InChI=1S/C15H17N5/c1-2-16-14(15-17-10-11-18-15)13-8-9-19-20(13)12-6-4-3-5-7-12/h3-11,14,16H,2H2,1H3,(H,17,18). The van der Waals surface area contributed by atoms with Crippen LogP contribution in [0.25, 0.3) is 5.69 Å². The third kappa shape index (κ3) is 2.35. The lowest BCUT2D eigenvalue weighted by Crippen LogP contribution is -2.25. The Morgan fingerprint density at radius 2 is 2.05 bits per heavy atom. The lowest BCUT2D eigenvalue weighted by atomic mass is 10.2. The average Bonchev–Trinajstić information content (AvgIpc) is 3.17. The molecule has 0 bridgehead atoms. The molecular weight excluding hydrogens is 250 g/mol. The molecule has 5 nitrogen and oxygen atoms in total. The molecule has 20 heavy (non-hydrogen) atoms. The number of hydrogen-bond acceptors (Lipinski definition) is 3. The van der Waals surface area contributed by atoms with Crippen molar-refractivity contribution in [3.8, 4) is 5.69 Å². The number of para-hydroxylation sites is 1. The summed E-state index contributed by atoms with van der Waals surface area (Å²) in [4.78, 5) is 7.54. The number of benzene rings is 1. The van der Waals surface area contributed by atoms with Crippen molar-refractivity contribution in [2.75, 3.05) is 6.54 Å². The van der Waals surface area contributed by atoms with Gasteiger partial charge >= 0.3 is 0 Å². The van der Waals surface area contributed by atoms with Crippen molar-refractivity contribution in [3.63, 3.8) is 0 Å². The molecule has 2 heterocycles. The van der Waals surface area contributed by atoms with Crippen LogP contribution in [0, 0.1) is 0 Å². The first-order valence-corrected chi connectivity index (χ1v) is 6.72. The van der Waals surface area contributed by atoms with E-state index in [9.17, 15) is 0 Å². The van der Waals surface area contributed by atoms with Gasteiger partial charge in [0.2, 0.25) is 0 Å². The Balaban J connectivity index is 2.03. The molecule has 102 valence electrons. The maximum atomic E-state index is 4.43. The lowest BCUT2D eigenvalue weighted by Gasteiger charge is -2.17. The Morgan fingerprint density at radius 1 is 1.20 bits per heavy atom. The molecule has 1 atom stereocenters. The van der Waals surface area contributed by atoms with Gasteiger partial charge in [0.1, 0.15) is 11.9 Å². The van der Waals surface area contributed by atoms with Gasteiger partial charge < -0.3 is 10.3 Å². The van der Waals surface area contributed by atoms with Crippen molar-refractivity contribution in [2.24, 2.45) is 0 Å². The first-order valence-electron chi connectivity index (χ1n) is 6.72. The van der Waals surface area contributed by atoms with Gasteiger partial charge in [-0.05, 0) is 24.7 Å². The van der Waals surface area contributed by atoms with Gasteiger partial charge in [-0.3, -0.25) is 0 Å². The number of hydrogen-bond donors (Lipinski definition) is 2. The molecule has 3 aromatic rings. The van der Waals surface area contributed by atoms with E-state index in [0.29, 0.717) is 0 Å². The quantitative estimate of drug-likeness (QED) is 0.745. The maximum Gasteiger partial charge on any atom is 0.129 e. The van der Waals surface area contributed by atoms with E-state index in [0.717, 1.165) is 23.8 Å². The van der Waals surface area contributed by atoms with E-state index in [-0.39, 0.29) is 6.04 Å². The third-order valence-corrected chi connectivity index (χ3v) is 3.17. The number of H-pyrrole nitrogens is 1. The van der Waals surface area contributed by atoms with E-state index in [1.807, 2.05) is 53.5 Å². The summed E-state index contributed by atoms with van der Waals surface area (Å²) < 4.78 is 1.94. The van der Waals surface area contributed by atoms with E-state index >= 15 is 0 Å². The zero-order valence-corrected chi connectivity index (χ0v) is 11.3. The fraction of sp³-hybridized carbons (Fsp3) is 0.200. The summed E-state index contributed by atoms with van der Waals surface area (Å²) in [6.45, 7) is 2.94. The number of rotatable bonds is 5. The number of imidazole rings is 1. The second kappa shape index (κ2) is 5.71. The van der Waals surface area contributed by atoms with Gasteiger partial charge in [-0.1, -0.05) is 25.1 Å². The molecule has 0 spiro atoms. The topological polar surface area (TPSA) is 58.5 Å². The third-order valence-electron chi connectivity index (χ3n) is 3.17. The number of aromatic amines is 1. The monoisotopic (exact) mass is 267 g/mol. The van der Waals surface area contributed by atoms with Gasteiger partial charge in [0, 0.05) is 18.6 Å². The molecule has 5 heteroatoms. The van der Waals surface area contributed by atoms with Crippen LogP contribution >= 0.6 is 0 Å². The Bertz CT molecular complexity index is 642. The summed E-state index contributed by atoms with van der Waals surface area (Å²) in [6, 6.07) is 12.1. The average molecular weight is 267 g/mol. The SMILES string of the molecule is CCNC(c1ncc[nH]1)c1ccnn1-c1ccccc1. The Labute approximate surface area is 117 Å². The Morgan fingerprint density at radius 3 is 2.75 bits per heavy atom. The minimum absolute atomic E-state index is 0.00212. The van der Waals surface area contributed by atoms with Crippen molar-refractivity contribution in [2.45, 2.75) is 13.0 Å². The molecule has 0 aliphatic heterocycles. The van der Waals surface area contributed by atoms with Gasteiger partial charge in [-0.25, -0.2) is 9.67 Å². The van der Waals surface area contributed by atoms with E-state index in [2.05, 4.69) is 27.3 Å². The maximum absolute atomic E-state index is 4.43. The molecule has 2 aromatic heterocycles. The molecule has 0 saturated heterocycles. The van der Waals surface area contributed by atoms with Crippen molar-refractivity contribution in [1.29, 1.82) is 0 Å². The summed E-state index contributed by atoms with van der Waals surface area (Å²) in [5.74, 6) is 0.893. The smallest absolute Gasteiger partial charge is 0.129 e. The first-order chi connectivity index (χ1) is 9.90. The molecule has 0 saturated carbocycles.